The smallest absolute Gasteiger partial charge is 0.197 e. The largest absolute Gasteiger partial charge is 0.441 e. The van der Waals surface area contributed by atoms with Gasteiger partial charge in [-0.1, -0.05) is 24.3 Å². The molecule has 0 N–H and O–H groups in total. The minimum Gasteiger partial charge on any atom is -0.441 e. The van der Waals surface area contributed by atoms with Crippen LogP contribution < -0.4 is 0 Å². The van der Waals surface area contributed by atoms with E-state index in [1.54, 1.807) is 13.0 Å². The van der Waals surface area contributed by atoms with Crippen molar-refractivity contribution in [2.24, 2.45) is 0 Å². The normalized spacial score (nSPS) is 12.8. The van der Waals surface area contributed by atoms with Crippen LogP contribution in [0.1, 0.15) is 22.4 Å². The van der Waals surface area contributed by atoms with Crippen LogP contribution in [0.2, 0.25) is 0 Å². The Bertz CT molecular complexity index is 720. The van der Waals surface area contributed by atoms with Gasteiger partial charge < -0.3 is 4.42 Å². The van der Waals surface area contributed by atoms with Crippen LogP contribution in [0.15, 0.2) is 46.9 Å². The van der Waals surface area contributed by atoms with Crippen LogP contribution in [0.25, 0.3) is 11.1 Å². The molecule has 0 amide bonds. The highest BCUT2D eigenvalue weighted by atomic mass is 35.5. The lowest BCUT2D eigenvalue weighted by molar-refractivity contribution is 0.524. The second-order valence-corrected chi connectivity index (χ2v) is 5.28. The van der Waals surface area contributed by atoms with Crippen molar-refractivity contribution in [2.75, 3.05) is 0 Å². The topological polar surface area (TPSA) is 26.0 Å². The van der Waals surface area contributed by atoms with Crippen molar-refractivity contribution in [2.45, 2.75) is 18.7 Å². The van der Waals surface area contributed by atoms with Crippen molar-refractivity contribution >= 4 is 22.7 Å². The Labute approximate surface area is 121 Å². The van der Waals surface area contributed by atoms with Gasteiger partial charge in [-0.05, 0) is 36.2 Å². The number of hydrogen-bond donors (Lipinski definition) is 0. The molecular formula is C16H13ClFNO. The van der Waals surface area contributed by atoms with Crippen LogP contribution in [-0.2, 0) is 6.42 Å². The first-order valence-electron chi connectivity index (χ1n) is 6.38. The number of aryl methyl sites for hydroxylation is 1. The lowest BCUT2D eigenvalue weighted by Gasteiger charge is -2.08. The van der Waals surface area contributed by atoms with Crippen LogP contribution in [0.3, 0.4) is 0 Å². The fourth-order valence-corrected chi connectivity index (χ4v) is 2.35. The van der Waals surface area contributed by atoms with Crippen LogP contribution in [0.4, 0.5) is 4.39 Å². The zero-order valence-corrected chi connectivity index (χ0v) is 11.7. The molecule has 3 aromatic rings. The predicted molar refractivity (Wildman–Crippen MR) is 77.4 cm³/mol. The van der Waals surface area contributed by atoms with Gasteiger partial charge >= 0.3 is 0 Å². The summed E-state index contributed by atoms with van der Waals surface area (Å²) in [5, 5.41) is -0.363. The molecule has 0 saturated carbocycles. The lowest BCUT2D eigenvalue weighted by atomic mass is 10.1. The molecule has 1 atom stereocenters. The molecule has 1 heterocycles. The van der Waals surface area contributed by atoms with E-state index in [0.29, 0.717) is 17.9 Å². The monoisotopic (exact) mass is 289 g/mol. The van der Waals surface area contributed by atoms with Crippen molar-refractivity contribution in [3.05, 3.63) is 65.3 Å². The van der Waals surface area contributed by atoms with E-state index in [0.717, 1.165) is 16.7 Å². The molecule has 0 spiro atoms. The van der Waals surface area contributed by atoms with Gasteiger partial charge in [0, 0.05) is 6.42 Å². The number of oxazole rings is 1. The first-order valence-corrected chi connectivity index (χ1v) is 6.81. The molecule has 20 heavy (non-hydrogen) atoms. The quantitative estimate of drug-likeness (QED) is 0.647. The highest BCUT2D eigenvalue weighted by Gasteiger charge is 2.14. The van der Waals surface area contributed by atoms with Gasteiger partial charge in [0.2, 0.25) is 0 Å². The summed E-state index contributed by atoms with van der Waals surface area (Å²) in [5.41, 5.74) is 2.89. The Morgan fingerprint density at radius 2 is 2.05 bits per heavy atom. The fourth-order valence-electron chi connectivity index (χ4n) is 2.08. The standard InChI is InChI=1S/C16H13ClFNO/c1-10-6-7-11(8-13(10)18)12(17)9-16-19-14-4-2-3-5-15(14)20-16/h2-8,12H,9H2,1H3. The Morgan fingerprint density at radius 3 is 2.80 bits per heavy atom. The summed E-state index contributed by atoms with van der Waals surface area (Å²) in [6, 6.07) is 12.6. The lowest BCUT2D eigenvalue weighted by Crippen LogP contribution is -1.97. The van der Waals surface area contributed by atoms with Gasteiger partial charge in [-0.2, -0.15) is 0 Å². The number of hydrogen-bond acceptors (Lipinski definition) is 2. The average Bonchev–Trinajstić information content (AvgIpc) is 2.83. The molecule has 0 aliphatic carbocycles. The molecule has 0 fully saturated rings. The number of fused-ring (bicyclic) bond motifs is 1. The maximum atomic E-state index is 13.5. The molecule has 1 unspecified atom stereocenters. The second kappa shape index (κ2) is 5.25. The van der Waals surface area contributed by atoms with Gasteiger partial charge in [0.15, 0.2) is 11.5 Å². The Kier molecular flexibility index (Phi) is 3.45. The van der Waals surface area contributed by atoms with E-state index >= 15 is 0 Å². The SMILES string of the molecule is Cc1ccc(C(Cl)Cc2nc3ccccc3o2)cc1F. The van der Waals surface area contributed by atoms with E-state index in [9.17, 15) is 4.39 Å². The number of benzene rings is 2. The summed E-state index contributed by atoms with van der Waals surface area (Å²) in [5.74, 6) is 0.317. The summed E-state index contributed by atoms with van der Waals surface area (Å²) >= 11 is 6.33. The molecule has 0 bridgehead atoms. The van der Waals surface area contributed by atoms with E-state index in [-0.39, 0.29) is 11.2 Å². The number of aromatic nitrogens is 1. The molecule has 0 aliphatic heterocycles. The minimum absolute atomic E-state index is 0.245. The summed E-state index contributed by atoms with van der Waals surface area (Å²) in [6.07, 6.45) is 0.429. The zero-order chi connectivity index (χ0) is 14.1. The van der Waals surface area contributed by atoms with Gasteiger partial charge in [-0.15, -0.1) is 11.6 Å². The van der Waals surface area contributed by atoms with Gasteiger partial charge in [-0.3, -0.25) is 0 Å². The number of halogens is 2. The summed E-state index contributed by atoms with van der Waals surface area (Å²) < 4.78 is 19.2. The summed E-state index contributed by atoms with van der Waals surface area (Å²) in [6.45, 7) is 1.73. The Hall–Kier alpha value is -1.87. The van der Waals surface area contributed by atoms with E-state index in [1.807, 2.05) is 30.3 Å². The molecule has 4 heteroatoms. The molecule has 3 rings (SSSR count). The maximum absolute atomic E-state index is 13.5. The third-order valence-electron chi connectivity index (χ3n) is 3.25. The molecule has 0 aliphatic rings. The highest BCUT2D eigenvalue weighted by Crippen LogP contribution is 2.27. The van der Waals surface area contributed by atoms with Gasteiger partial charge in [0.25, 0.3) is 0 Å². The van der Waals surface area contributed by atoms with E-state index < -0.39 is 0 Å². The average molecular weight is 290 g/mol. The molecule has 102 valence electrons. The van der Waals surface area contributed by atoms with Gasteiger partial charge in [0.1, 0.15) is 11.3 Å². The van der Waals surface area contributed by atoms with Gasteiger partial charge in [0.05, 0.1) is 5.38 Å². The molecule has 0 saturated heterocycles. The van der Waals surface area contributed by atoms with Crippen molar-refractivity contribution in [1.29, 1.82) is 0 Å². The number of para-hydroxylation sites is 2. The number of rotatable bonds is 3. The van der Waals surface area contributed by atoms with Crippen molar-refractivity contribution in [1.82, 2.24) is 4.98 Å². The molecule has 1 aromatic heterocycles. The first-order chi connectivity index (χ1) is 9.63. The minimum atomic E-state index is -0.363. The van der Waals surface area contributed by atoms with Gasteiger partial charge in [-0.25, -0.2) is 9.37 Å². The maximum Gasteiger partial charge on any atom is 0.197 e. The van der Waals surface area contributed by atoms with Crippen LogP contribution >= 0.6 is 11.6 Å². The third kappa shape index (κ3) is 2.54. The van der Waals surface area contributed by atoms with Crippen LogP contribution in [0.5, 0.6) is 0 Å². The van der Waals surface area contributed by atoms with Crippen LogP contribution in [0, 0.1) is 12.7 Å². The zero-order valence-electron chi connectivity index (χ0n) is 10.9. The van der Waals surface area contributed by atoms with E-state index in [4.69, 9.17) is 16.0 Å². The second-order valence-electron chi connectivity index (χ2n) is 4.76. The number of alkyl halides is 1. The summed E-state index contributed by atoms with van der Waals surface area (Å²) in [7, 11) is 0. The van der Waals surface area contributed by atoms with Crippen molar-refractivity contribution in [3.63, 3.8) is 0 Å². The van der Waals surface area contributed by atoms with Crippen molar-refractivity contribution in [3.8, 4) is 0 Å². The highest BCUT2D eigenvalue weighted by molar-refractivity contribution is 6.20. The fraction of sp³-hybridized carbons (Fsp3) is 0.188. The Balaban J connectivity index is 1.84. The molecule has 0 radical (unpaired) electrons. The molecule has 2 nitrogen and oxygen atoms in total. The number of nitrogens with zero attached hydrogens (tertiary/aromatic N) is 1. The van der Waals surface area contributed by atoms with E-state index in [1.165, 1.54) is 6.07 Å². The predicted octanol–water partition coefficient (Wildman–Crippen LogP) is 4.80. The third-order valence-corrected chi connectivity index (χ3v) is 3.66. The van der Waals surface area contributed by atoms with Crippen LogP contribution in [-0.4, -0.2) is 4.98 Å². The molecule has 2 aromatic carbocycles. The Morgan fingerprint density at radius 1 is 1.25 bits per heavy atom. The molecular weight excluding hydrogens is 277 g/mol. The first kappa shape index (κ1) is 13.1. The van der Waals surface area contributed by atoms with Crippen molar-refractivity contribution < 1.29 is 8.81 Å². The van der Waals surface area contributed by atoms with E-state index in [2.05, 4.69) is 4.98 Å². The summed E-state index contributed by atoms with van der Waals surface area (Å²) in [4.78, 5) is 4.37.